The van der Waals surface area contributed by atoms with Crippen LogP contribution in [-0.4, -0.2) is 22.6 Å². The molecule has 1 aromatic carbocycles. The van der Waals surface area contributed by atoms with Crippen molar-refractivity contribution in [3.8, 4) is 0 Å². The molecule has 24 heavy (non-hydrogen) atoms. The second-order valence-corrected chi connectivity index (χ2v) is 9.12. The predicted octanol–water partition coefficient (Wildman–Crippen LogP) is 3.72. The fraction of sp³-hybridized carbons (Fsp3) is 0.389. The molecule has 3 aliphatic rings. The highest BCUT2D eigenvalue weighted by Gasteiger charge is 2.59. The highest BCUT2D eigenvalue weighted by atomic mass is 32.2. The number of anilines is 1. The van der Waals surface area contributed by atoms with Gasteiger partial charge in [0, 0.05) is 0 Å². The summed E-state index contributed by atoms with van der Waals surface area (Å²) in [4.78, 5) is 31.8. The summed E-state index contributed by atoms with van der Waals surface area (Å²) in [5.41, 5.74) is 1.63. The summed E-state index contributed by atoms with van der Waals surface area (Å²) in [6.07, 6.45) is 5.22. The number of benzene rings is 1. The molecule has 0 spiro atoms. The van der Waals surface area contributed by atoms with Crippen molar-refractivity contribution in [3.63, 3.8) is 0 Å². The molecule has 1 aliphatic heterocycles. The first kappa shape index (κ1) is 14.7. The van der Waals surface area contributed by atoms with E-state index in [4.69, 9.17) is 0 Å². The molecule has 2 aliphatic carbocycles. The molecule has 6 heteroatoms. The van der Waals surface area contributed by atoms with Gasteiger partial charge >= 0.3 is 0 Å². The molecule has 2 fully saturated rings. The van der Waals surface area contributed by atoms with Crippen molar-refractivity contribution in [3.05, 3.63) is 30.4 Å². The van der Waals surface area contributed by atoms with Gasteiger partial charge in [-0.2, -0.15) is 0 Å². The molecule has 1 aromatic heterocycles. The van der Waals surface area contributed by atoms with Crippen molar-refractivity contribution >= 4 is 50.8 Å². The highest BCUT2D eigenvalue weighted by Crippen LogP contribution is 2.53. The van der Waals surface area contributed by atoms with Crippen LogP contribution in [0.5, 0.6) is 0 Å². The lowest BCUT2D eigenvalue weighted by Crippen LogP contribution is -2.32. The lowest BCUT2D eigenvalue weighted by atomic mass is 9.85. The third-order valence-electron chi connectivity index (χ3n) is 5.35. The fourth-order valence-electron chi connectivity index (χ4n) is 4.37. The van der Waals surface area contributed by atoms with Gasteiger partial charge in [-0.15, -0.1) is 11.3 Å². The van der Waals surface area contributed by atoms with E-state index in [1.165, 1.54) is 4.90 Å². The smallest absolute Gasteiger partial charge is 0.238 e. The number of aromatic nitrogens is 1. The lowest BCUT2D eigenvalue weighted by Gasteiger charge is -2.17. The minimum Gasteiger partial charge on any atom is -0.274 e. The van der Waals surface area contributed by atoms with E-state index in [9.17, 15) is 9.59 Å². The van der Waals surface area contributed by atoms with E-state index in [2.05, 4.69) is 24.1 Å². The Morgan fingerprint density at radius 1 is 1.21 bits per heavy atom. The van der Waals surface area contributed by atoms with Crippen LogP contribution in [0.1, 0.15) is 13.3 Å². The molecule has 4 nitrogen and oxygen atoms in total. The molecule has 0 radical (unpaired) electrons. The van der Waals surface area contributed by atoms with E-state index in [0.29, 0.717) is 5.69 Å². The Labute approximate surface area is 147 Å². The Morgan fingerprint density at radius 2 is 1.92 bits per heavy atom. The number of carbonyl (C=O) groups is 2. The number of rotatable bonds is 3. The van der Waals surface area contributed by atoms with E-state index >= 15 is 0 Å². The van der Waals surface area contributed by atoms with Gasteiger partial charge in [0.05, 0.1) is 27.7 Å². The maximum Gasteiger partial charge on any atom is 0.238 e. The predicted molar refractivity (Wildman–Crippen MR) is 96.2 cm³/mol. The summed E-state index contributed by atoms with van der Waals surface area (Å²) >= 11 is 3.34. The van der Waals surface area contributed by atoms with Crippen molar-refractivity contribution in [2.75, 3.05) is 10.7 Å². The molecular weight excluding hydrogens is 340 g/mol. The van der Waals surface area contributed by atoms with E-state index in [0.717, 1.165) is 26.7 Å². The Morgan fingerprint density at radius 3 is 2.58 bits per heavy atom. The number of nitrogens with zero attached hydrogens (tertiary/aromatic N) is 2. The molecule has 1 saturated carbocycles. The average molecular weight is 356 g/mol. The van der Waals surface area contributed by atoms with Crippen LogP contribution in [0.15, 0.2) is 34.7 Å². The van der Waals surface area contributed by atoms with Gasteiger partial charge < -0.3 is 0 Å². The fourth-order valence-corrected chi connectivity index (χ4v) is 6.37. The average Bonchev–Trinajstić information content (AvgIpc) is 3.30. The molecule has 2 bridgehead atoms. The molecular formula is C18H16N2O2S2. The largest absolute Gasteiger partial charge is 0.274 e. The van der Waals surface area contributed by atoms with Gasteiger partial charge in [0.2, 0.25) is 11.8 Å². The Kier molecular flexibility index (Phi) is 3.16. The van der Waals surface area contributed by atoms with Crippen LogP contribution in [0, 0.1) is 23.7 Å². The van der Waals surface area contributed by atoms with Crippen LogP contribution < -0.4 is 4.90 Å². The van der Waals surface area contributed by atoms with Gasteiger partial charge in [0.25, 0.3) is 0 Å². The van der Waals surface area contributed by atoms with Gasteiger partial charge in [-0.1, -0.05) is 30.8 Å². The summed E-state index contributed by atoms with van der Waals surface area (Å²) in [5.74, 6) is 1.16. The maximum absolute atomic E-state index is 12.9. The summed E-state index contributed by atoms with van der Waals surface area (Å²) in [6, 6.07) is 5.72. The van der Waals surface area contributed by atoms with Crippen molar-refractivity contribution < 1.29 is 9.59 Å². The molecule has 2 heterocycles. The van der Waals surface area contributed by atoms with Crippen LogP contribution in [0.2, 0.25) is 0 Å². The normalized spacial score (nSPS) is 30.8. The van der Waals surface area contributed by atoms with Gasteiger partial charge in [-0.3, -0.25) is 9.59 Å². The van der Waals surface area contributed by atoms with Crippen LogP contribution in [0.4, 0.5) is 5.69 Å². The summed E-state index contributed by atoms with van der Waals surface area (Å²) in [6.45, 7) is 2.10. The number of thioether (sulfide) groups is 1. The second kappa shape index (κ2) is 5.17. The van der Waals surface area contributed by atoms with Gasteiger partial charge in [0.1, 0.15) is 0 Å². The molecule has 122 valence electrons. The van der Waals surface area contributed by atoms with Crippen LogP contribution in [-0.2, 0) is 9.59 Å². The Balaban J connectivity index is 1.53. The van der Waals surface area contributed by atoms with Crippen LogP contribution in [0.3, 0.4) is 0 Å². The molecule has 0 N–H and O–H groups in total. The molecule has 5 rings (SSSR count). The number of hydrogen-bond donors (Lipinski definition) is 0. The third-order valence-corrected chi connectivity index (χ3v) is 7.39. The maximum atomic E-state index is 12.9. The van der Waals surface area contributed by atoms with Crippen molar-refractivity contribution in [1.29, 1.82) is 0 Å². The molecule has 2 amide bonds. The number of thiazole rings is 1. The molecule has 2 aromatic rings. The van der Waals surface area contributed by atoms with Crippen molar-refractivity contribution in [2.45, 2.75) is 17.7 Å². The van der Waals surface area contributed by atoms with E-state index < -0.39 is 0 Å². The highest BCUT2D eigenvalue weighted by molar-refractivity contribution is 8.01. The van der Waals surface area contributed by atoms with Gasteiger partial charge in [-0.25, -0.2) is 9.88 Å². The number of allylic oxidation sites excluding steroid dienone is 2. The van der Waals surface area contributed by atoms with Crippen LogP contribution in [0.25, 0.3) is 10.2 Å². The summed E-state index contributed by atoms with van der Waals surface area (Å²) in [7, 11) is 0. The van der Waals surface area contributed by atoms with Gasteiger partial charge in [0.15, 0.2) is 4.34 Å². The molecule has 1 saturated heterocycles. The van der Waals surface area contributed by atoms with Gasteiger partial charge in [-0.05, 0) is 42.2 Å². The minimum atomic E-state index is -0.143. The topological polar surface area (TPSA) is 50.3 Å². The Hall–Kier alpha value is -1.66. The molecule has 4 atom stereocenters. The van der Waals surface area contributed by atoms with Crippen molar-refractivity contribution in [2.24, 2.45) is 23.7 Å². The zero-order chi connectivity index (χ0) is 16.4. The first-order valence-electron chi connectivity index (χ1n) is 8.27. The number of hydrogen-bond acceptors (Lipinski definition) is 5. The van der Waals surface area contributed by atoms with Crippen LogP contribution >= 0.6 is 23.1 Å². The lowest BCUT2D eigenvalue weighted by molar-refractivity contribution is -0.123. The number of amides is 2. The van der Waals surface area contributed by atoms with E-state index in [1.54, 1.807) is 23.1 Å². The summed E-state index contributed by atoms with van der Waals surface area (Å²) in [5, 5.41) is 0. The third kappa shape index (κ3) is 1.90. The van der Waals surface area contributed by atoms with E-state index in [-0.39, 0.29) is 35.5 Å². The number of carbonyl (C=O) groups excluding carboxylic acids is 2. The SMILES string of the molecule is CCSc1nc2ccc(N3C(=O)C4C5C=CC(C5)C4C3=O)cc2s1. The first-order valence-corrected chi connectivity index (χ1v) is 10.1. The monoisotopic (exact) mass is 356 g/mol. The first-order chi connectivity index (χ1) is 11.7. The zero-order valence-corrected chi connectivity index (χ0v) is 14.8. The Bertz CT molecular complexity index is 874. The number of fused-ring (bicyclic) bond motifs is 6. The standard InChI is InChI=1S/C18H16N2O2S2/c1-2-23-18-19-12-6-5-11(8-13(12)24-18)20-16(21)14-9-3-4-10(7-9)15(14)17(20)22/h3-6,8-10,14-15H,2,7H2,1H3. The second-order valence-electron chi connectivity index (χ2n) is 6.58. The van der Waals surface area contributed by atoms with E-state index in [1.807, 2.05) is 18.2 Å². The minimum absolute atomic E-state index is 0.0196. The number of imide groups is 1. The zero-order valence-electron chi connectivity index (χ0n) is 13.1. The summed E-state index contributed by atoms with van der Waals surface area (Å²) < 4.78 is 2.06. The molecule has 4 unspecified atom stereocenters. The van der Waals surface area contributed by atoms with Crippen molar-refractivity contribution in [1.82, 2.24) is 4.98 Å². The quantitative estimate of drug-likeness (QED) is 0.478.